The summed E-state index contributed by atoms with van der Waals surface area (Å²) in [6.07, 6.45) is 0.282. The monoisotopic (exact) mass is 469 g/mol. The Hall–Kier alpha value is -4.77. The first-order chi connectivity index (χ1) is 17.6. The number of primary amides is 1. The van der Waals surface area contributed by atoms with Crippen LogP contribution in [0.2, 0.25) is 0 Å². The molecule has 0 aliphatic heterocycles. The molecule has 0 saturated carbocycles. The highest BCUT2D eigenvalue weighted by molar-refractivity contribution is 6.17. The number of nitrogens with two attached hydrogens (primary N) is 1. The van der Waals surface area contributed by atoms with Crippen LogP contribution in [0, 0.1) is 0 Å². The van der Waals surface area contributed by atoms with Crippen LogP contribution in [-0.4, -0.2) is 22.8 Å². The van der Waals surface area contributed by atoms with Gasteiger partial charge in [-0.15, -0.1) is 0 Å². The molecule has 3 N–H and O–H groups in total. The largest absolute Gasteiger partial charge is 0.368 e. The van der Waals surface area contributed by atoms with Crippen LogP contribution in [0.5, 0.6) is 0 Å². The van der Waals surface area contributed by atoms with Gasteiger partial charge in [-0.05, 0) is 45.3 Å². The van der Waals surface area contributed by atoms with E-state index in [1.165, 1.54) is 0 Å². The Bertz CT molecular complexity index is 1700. The van der Waals surface area contributed by atoms with E-state index in [9.17, 15) is 9.59 Å². The van der Waals surface area contributed by atoms with Gasteiger partial charge in [0.05, 0.1) is 16.6 Å². The third kappa shape index (κ3) is 3.71. The highest BCUT2D eigenvalue weighted by Crippen LogP contribution is 2.30. The summed E-state index contributed by atoms with van der Waals surface area (Å²) in [4.78, 5) is 31.1. The first-order valence-corrected chi connectivity index (χ1v) is 11.9. The molecule has 0 bridgehead atoms. The number of aromatic nitrogens is 1. The Morgan fingerprint density at radius 2 is 1.17 bits per heavy atom. The van der Waals surface area contributed by atoms with Crippen molar-refractivity contribution < 1.29 is 9.59 Å². The minimum Gasteiger partial charge on any atom is -0.368 e. The number of amides is 2. The van der Waals surface area contributed by atoms with E-state index in [4.69, 9.17) is 10.7 Å². The molecule has 5 heteroatoms. The molecule has 0 spiro atoms. The lowest BCUT2D eigenvalue weighted by Crippen LogP contribution is -2.46. The van der Waals surface area contributed by atoms with Crippen molar-refractivity contribution in [2.75, 3.05) is 0 Å². The van der Waals surface area contributed by atoms with E-state index in [-0.39, 0.29) is 12.3 Å². The summed E-state index contributed by atoms with van der Waals surface area (Å²) in [6, 6.07) is 32.4. The molecule has 0 saturated heterocycles. The summed E-state index contributed by atoms with van der Waals surface area (Å²) in [6.45, 7) is 0. The van der Waals surface area contributed by atoms with Gasteiger partial charge >= 0.3 is 0 Å². The van der Waals surface area contributed by atoms with Crippen LogP contribution >= 0.6 is 0 Å². The van der Waals surface area contributed by atoms with E-state index >= 15 is 0 Å². The molecule has 1 atom stereocenters. The number of carbonyl (C=O) groups is 2. The van der Waals surface area contributed by atoms with Crippen LogP contribution in [0.4, 0.5) is 0 Å². The predicted molar refractivity (Wildman–Crippen MR) is 145 cm³/mol. The number of nitrogens with one attached hydrogen (secondary N) is 1. The van der Waals surface area contributed by atoms with E-state index < -0.39 is 11.9 Å². The fourth-order valence-electron chi connectivity index (χ4n) is 5.07. The second kappa shape index (κ2) is 8.78. The SMILES string of the molecule is NC(=O)[C@@H](Cc1c2ccccc2cc2ccccc12)NC(=O)c1c2ccccc2nc2ccccc12. The molecule has 0 fully saturated rings. The van der Waals surface area contributed by atoms with Crippen molar-refractivity contribution in [1.29, 1.82) is 0 Å². The molecular weight excluding hydrogens is 446 g/mol. The standard InChI is InChI=1S/C31H23N3O2/c32-30(35)28(18-25-21-11-3-1-9-19(21)17-20-10-2-4-12-22(20)25)34-31(36)29-23-13-5-7-15-26(23)33-27-16-8-6-14-24(27)29/h1-17,28H,18H2,(H2,32,35)(H,34,36)/t28-/m1/s1. The van der Waals surface area contributed by atoms with Crippen molar-refractivity contribution in [1.82, 2.24) is 10.3 Å². The summed E-state index contributed by atoms with van der Waals surface area (Å²) < 4.78 is 0. The average molecular weight is 470 g/mol. The molecule has 2 amide bonds. The maximum absolute atomic E-state index is 13.8. The second-order valence-corrected chi connectivity index (χ2v) is 8.95. The van der Waals surface area contributed by atoms with Gasteiger partial charge in [0.25, 0.3) is 5.91 Å². The third-order valence-electron chi connectivity index (χ3n) is 6.75. The smallest absolute Gasteiger partial charge is 0.253 e. The fraction of sp³-hybridized carbons (Fsp3) is 0.0645. The molecule has 5 nitrogen and oxygen atoms in total. The molecule has 6 aromatic rings. The Kier molecular flexibility index (Phi) is 5.30. The van der Waals surface area contributed by atoms with Crippen LogP contribution in [0.15, 0.2) is 103 Å². The van der Waals surface area contributed by atoms with Gasteiger partial charge in [0.1, 0.15) is 6.04 Å². The molecule has 1 heterocycles. The molecule has 0 aliphatic rings. The van der Waals surface area contributed by atoms with Crippen molar-refractivity contribution >= 4 is 55.2 Å². The second-order valence-electron chi connectivity index (χ2n) is 8.95. The van der Waals surface area contributed by atoms with Gasteiger partial charge in [0.15, 0.2) is 0 Å². The molecule has 1 aromatic heterocycles. The molecule has 0 unspecified atom stereocenters. The van der Waals surface area contributed by atoms with Crippen molar-refractivity contribution in [2.45, 2.75) is 12.5 Å². The van der Waals surface area contributed by atoms with Crippen LogP contribution in [0.1, 0.15) is 15.9 Å². The highest BCUT2D eigenvalue weighted by Gasteiger charge is 2.24. The summed E-state index contributed by atoms with van der Waals surface area (Å²) in [5.74, 6) is -0.929. The van der Waals surface area contributed by atoms with E-state index in [2.05, 4.69) is 23.5 Å². The average Bonchev–Trinajstić information content (AvgIpc) is 2.90. The molecule has 0 aliphatic carbocycles. The number of fused-ring (bicyclic) bond motifs is 4. The molecule has 36 heavy (non-hydrogen) atoms. The molecular formula is C31H23N3O2. The topological polar surface area (TPSA) is 85.1 Å². The van der Waals surface area contributed by atoms with E-state index in [0.717, 1.165) is 48.9 Å². The number of benzene rings is 5. The van der Waals surface area contributed by atoms with Gasteiger partial charge in [-0.25, -0.2) is 4.98 Å². The Labute approximate surface area is 207 Å². The fourth-order valence-corrected chi connectivity index (χ4v) is 5.07. The van der Waals surface area contributed by atoms with Crippen molar-refractivity contribution in [3.05, 3.63) is 114 Å². The minimum absolute atomic E-state index is 0.282. The zero-order chi connectivity index (χ0) is 24.6. The number of rotatable bonds is 5. The zero-order valence-electron chi connectivity index (χ0n) is 19.4. The quantitative estimate of drug-likeness (QED) is 0.326. The van der Waals surface area contributed by atoms with Crippen LogP contribution < -0.4 is 11.1 Å². The van der Waals surface area contributed by atoms with Gasteiger partial charge in [0, 0.05) is 17.2 Å². The van der Waals surface area contributed by atoms with Crippen LogP contribution in [-0.2, 0) is 11.2 Å². The third-order valence-corrected chi connectivity index (χ3v) is 6.75. The highest BCUT2D eigenvalue weighted by atomic mass is 16.2. The van der Waals surface area contributed by atoms with Crippen LogP contribution in [0.25, 0.3) is 43.4 Å². The van der Waals surface area contributed by atoms with E-state index in [1.807, 2.05) is 84.9 Å². The van der Waals surface area contributed by atoms with Gasteiger partial charge < -0.3 is 11.1 Å². The minimum atomic E-state index is -0.891. The summed E-state index contributed by atoms with van der Waals surface area (Å²) >= 11 is 0. The zero-order valence-corrected chi connectivity index (χ0v) is 19.4. The molecule has 0 radical (unpaired) electrons. The summed E-state index contributed by atoms with van der Waals surface area (Å²) in [5.41, 5.74) is 8.77. The number of hydrogen-bond donors (Lipinski definition) is 2. The number of pyridine rings is 1. The maximum atomic E-state index is 13.8. The van der Waals surface area contributed by atoms with Gasteiger partial charge in [-0.1, -0.05) is 84.9 Å². The van der Waals surface area contributed by atoms with Gasteiger partial charge in [0.2, 0.25) is 5.91 Å². The lowest BCUT2D eigenvalue weighted by molar-refractivity contribution is -0.119. The first kappa shape index (κ1) is 21.7. The lowest BCUT2D eigenvalue weighted by Gasteiger charge is -2.20. The summed E-state index contributed by atoms with van der Waals surface area (Å²) in [7, 11) is 0. The first-order valence-electron chi connectivity index (χ1n) is 11.9. The molecule has 5 aromatic carbocycles. The Morgan fingerprint density at radius 3 is 1.69 bits per heavy atom. The van der Waals surface area contributed by atoms with Crippen molar-refractivity contribution in [3.63, 3.8) is 0 Å². The predicted octanol–water partition coefficient (Wildman–Crippen LogP) is 5.52. The molecule has 174 valence electrons. The van der Waals surface area contributed by atoms with Gasteiger partial charge in [-0.3, -0.25) is 9.59 Å². The van der Waals surface area contributed by atoms with E-state index in [1.54, 1.807) is 0 Å². The van der Waals surface area contributed by atoms with Gasteiger partial charge in [-0.2, -0.15) is 0 Å². The van der Waals surface area contributed by atoms with Crippen LogP contribution in [0.3, 0.4) is 0 Å². The lowest BCUT2D eigenvalue weighted by atomic mass is 9.92. The number of carbonyl (C=O) groups excluding carboxylic acids is 2. The number of nitrogens with zero attached hydrogens (tertiary/aromatic N) is 1. The van der Waals surface area contributed by atoms with E-state index in [0.29, 0.717) is 5.56 Å². The normalized spacial score (nSPS) is 12.2. The Balaban J connectivity index is 1.46. The van der Waals surface area contributed by atoms with Crippen molar-refractivity contribution in [3.8, 4) is 0 Å². The maximum Gasteiger partial charge on any atom is 0.253 e. The Morgan fingerprint density at radius 1 is 0.694 bits per heavy atom. The van der Waals surface area contributed by atoms with Crippen molar-refractivity contribution in [2.24, 2.45) is 5.73 Å². The number of hydrogen-bond acceptors (Lipinski definition) is 3. The number of para-hydroxylation sites is 2. The molecule has 6 rings (SSSR count). The summed E-state index contributed by atoms with van der Waals surface area (Å²) in [5, 5.41) is 8.64.